The zero-order valence-electron chi connectivity index (χ0n) is 47.3. The monoisotopic (exact) mass is 1030 g/mol. The molecule has 12 heteroatoms. The molecule has 0 radical (unpaired) electrons. The van der Waals surface area contributed by atoms with Crippen molar-refractivity contribution in [1.29, 1.82) is 0 Å². The van der Waals surface area contributed by atoms with Crippen molar-refractivity contribution < 1.29 is 36.1 Å². The molecule has 6 saturated carbocycles. The molecule has 0 bridgehead atoms. The SMILES string of the molecule is CC(C)SO.C[C@H](CCCNC[C@H]([C@@H](C)OS(C)(C)C(C)(C)C)N1CCNCC1)[C@H]1CCC[C@@]23C1CC[C@@H]1C4(C)CC[C@H](OC(=O)C5CC(C(=O)OCc6ccccc6)C5(C)C)C(C)(C)[C@@H]4CC2[C@]13C.O.[HH].[HH]. The van der Waals surface area contributed by atoms with E-state index in [1.54, 1.807) is 0 Å². The number of nitrogens with one attached hydrogen (secondary N) is 2. The Balaban J connectivity index is 0.00000138. The highest BCUT2D eigenvalue weighted by Crippen LogP contribution is 2.90. The summed E-state index contributed by atoms with van der Waals surface area (Å²) >= 11 is 0.880. The van der Waals surface area contributed by atoms with Crippen LogP contribution in [0.15, 0.2) is 30.3 Å². The van der Waals surface area contributed by atoms with Gasteiger partial charge in [0.2, 0.25) is 0 Å². The van der Waals surface area contributed by atoms with E-state index >= 15 is 0 Å². The molecule has 6 aliphatic carbocycles. The quantitative estimate of drug-likeness (QED) is 0.0784. The van der Waals surface area contributed by atoms with E-state index in [4.69, 9.17) is 18.2 Å². The minimum absolute atomic E-state index is 0. The number of esters is 2. The highest BCUT2D eigenvalue weighted by Gasteiger charge is 2.85. The van der Waals surface area contributed by atoms with Crippen LogP contribution in [0.4, 0.5) is 0 Å². The zero-order chi connectivity index (χ0) is 51.2. The number of carbonyl (C=O) groups is 2. The predicted octanol–water partition coefficient (Wildman–Crippen LogP) is 12.3. The fourth-order valence-electron chi connectivity index (χ4n) is 16.7. The smallest absolute Gasteiger partial charge is 0.309 e. The van der Waals surface area contributed by atoms with Crippen molar-refractivity contribution in [2.45, 2.75) is 195 Å². The number of piperazine rings is 1. The van der Waals surface area contributed by atoms with Crippen molar-refractivity contribution in [3.63, 3.8) is 0 Å². The molecule has 8 rings (SSSR count). The normalized spacial score (nSPS) is 36.4. The number of carbonyl (C=O) groups excluding carboxylic acids is 2. The van der Waals surface area contributed by atoms with Gasteiger partial charge in [0.15, 0.2) is 0 Å². The molecule has 0 amide bonds. The summed E-state index contributed by atoms with van der Waals surface area (Å²) < 4.78 is 27.6. The van der Waals surface area contributed by atoms with Gasteiger partial charge in [-0.2, -0.15) is 0 Å². The van der Waals surface area contributed by atoms with E-state index in [-0.39, 0.29) is 66.5 Å². The number of nitrogens with zero attached hydrogens (tertiary/aromatic N) is 1. The molecule has 14 atom stereocenters. The first-order chi connectivity index (χ1) is 32.8. The van der Waals surface area contributed by atoms with E-state index in [1.165, 1.54) is 51.4 Å². The minimum Gasteiger partial charge on any atom is -0.462 e. The first-order valence-electron chi connectivity index (χ1n) is 28.1. The van der Waals surface area contributed by atoms with Gasteiger partial charge in [-0.3, -0.25) is 14.5 Å². The molecule has 1 heterocycles. The highest BCUT2D eigenvalue weighted by molar-refractivity contribution is 8.29. The number of ether oxygens (including phenoxy) is 2. The van der Waals surface area contributed by atoms with Crippen LogP contribution < -0.4 is 10.6 Å². The number of hydrogen-bond acceptors (Lipinski definition) is 10. The molecule has 71 heavy (non-hydrogen) atoms. The van der Waals surface area contributed by atoms with Crippen LogP contribution in [0.1, 0.15) is 169 Å². The number of hydrogen-bond donors (Lipinski definition) is 3. The maximum absolute atomic E-state index is 14.1. The fourth-order valence-corrected chi connectivity index (χ4v) is 17.8. The molecule has 5 unspecified atom stereocenters. The summed E-state index contributed by atoms with van der Waals surface area (Å²) in [4.78, 5) is 30.0. The summed E-state index contributed by atoms with van der Waals surface area (Å²) in [7, 11) is -1.20. The average molecular weight is 1030 g/mol. The van der Waals surface area contributed by atoms with Crippen molar-refractivity contribution in [2.24, 2.45) is 74.4 Å². The largest absolute Gasteiger partial charge is 0.462 e. The standard InChI is InChI=1S/C56H93N3O5S.C3H8OS.H2O.2H2/c1-37(19-18-28-58-35-44(59-31-29-57-30-32-59)38(2)64-65(12,13)51(3,4)5)40-22-17-26-56-41(40)23-24-45-54(10)27-25-48(53(8,9)46(54)34-47(56)55(45,56)11)63-50(61)43-33-42(52(43,6)7)49(60)62-36-39-20-15-14-16-21-39;1-3(2)5-4;;;/h14-16,20-21,37-38,40-48,57-58H,17-19,22-36H2,1-13H3;3-4H,1-2H3;1H2;2*1H/t37-,38-,40-,41?,42?,43?,44-,45-,46+,47?,48+,54?,55+,56-;;;;/m1..../s1. The molecule has 5 N–H and O–H groups in total. The molecule has 1 aliphatic heterocycles. The molecule has 1 spiro atoms. The Morgan fingerprint density at radius 2 is 1.54 bits per heavy atom. The fraction of sp³-hybridized carbons (Fsp3) is 0.864. The minimum atomic E-state index is -1.20. The number of fused-ring (bicyclic) bond motifs is 2. The van der Waals surface area contributed by atoms with Gasteiger partial charge in [-0.05, 0) is 165 Å². The lowest BCUT2D eigenvalue weighted by atomic mass is 9.43. The Hall–Kier alpha value is -1.38. The summed E-state index contributed by atoms with van der Waals surface area (Å²) in [6.07, 6.45) is 18.3. The van der Waals surface area contributed by atoms with Gasteiger partial charge in [-0.15, -0.1) is 10.3 Å². The lowest BCUT2D eigenvalue weighted by molar-refractivity contribution is -0.203. The molecule has 7 fully saturated rings. The van der Waals surface area contributed by atoms with E-state index in [2.05, 4.69) is 104 Å². The molecular weight excluding hydrogens is 927 g/mol. The Morgan fingerprint density at radius 1 is 0.887 bits per heavy atom. The molecular formula is C59H107N3O7S2. The van der Waals surface area contributed by atoms with Gasteiger partial charge < -0.3 is 34.3 Å². The van der Waals surface area contributed by atoms with Gasteiger partial charge >= 0.3 is 11.9 Å². The molecule has 412 valence electrons. The van der Waals surface area contributed by atoms with Crippen molar-refractivity contribution in [2.75, 3.05) is 51.8 Å². The van der Waals surface area contributed by atoms with Gasteiger partial charge in [0, 0.05) is 57.0 Å². The third kappa shape index (κ3) is 11.2. The average Bonchev–Trinajstić information content (AvgIpc) is 3.83. The second-order valence-corrected chi connectivity index (χ2v) is 32.0. The van der Waals surface area contributed by atoms with Crippen LogP contribution in [-0.2, 0) is 29.9 Å². The van der Waals surface area contributed by atoms with E-state index in [0.717, 1.165) is 99.3 Å². The van der Waals surface area contributed by atoms with Gasteiger partial charge in [0.1, 0.15) is 12.7 Å². The first-order valence-corrected chi connectivity index (χ1v) is 31.3. The van der Waals surface area contributed by atoms with Crippen LogP contribution in [-0.4, -0.2) is 107 Å². The van der Waals surface area contributed by atoms with Gasteiger partial charge in [0.05, 0.1) is 17.9 Å². The molecule has 1 aromatic carbocycles. The van der Waals surface area contributed by atoms with E-state index in [9.17, 15) is 9.59 Å². The van der Waals surface area contributed by atoms with Crippen LogP contribution in [0, 0.1) is 74.4 Å². The summed E-state index contributed by atoms with van der Waals surface area (Å²) in [5, 5.41) is 7.88. The van der Waals surface area contributed by atoms with Crippen molar-refractivity contribution in [3.05, 3.63) is 35.9 Å². The molecule has 10 nitrogen and oxygen atoms in total. The zero-order valence-corrected chi connectivity index (χ0v) is 48.9. The Labute approximate surface area is 441 Å². The lowest BCUT2D eigenvalue weighted by Crippen LogP contribution is -2.59. The number of benzene rings is 1. The molecule has 1 saturated heterocycles. The maximum Gasteiger partial charge on any atom is 0.309 e. The molecule has 1 aromatic rings. The maximum atomic E-state index is 14.1. The van der Waals surface area contributed by atoms with Crippen LogP contribution >= 0.6 is 22.4 Å². The summed E-state index contributed by atoms with van der Waals surface area (Å²) in [5.74, 6) is 3.66. The molecule has 0 aromatic heterocycles. The lowest BCUT2D eigenvalue weighted by Gasteiger charge is -2.62. The number of rotatable bonds is 17. The molecule has 7 aliphatic rings. The highest BCUT2D eigenvalue weighted by atomic mass is 32.3. The topological polar surface area (TPSA) is 141 Å². The summed E-state index contributed by atoms with van der Waals surface area (Å²) in [5.41, 5.74) is 1.61. The third-order valence-corrected chi connectivity index (χ3v) is 25.6. The summed E-state index contributed by atoms with van der Waals surface area (Å²) in [6.45, 7) is 36.9. The second-order valence-electron chi connectivity index (χ2n) is 27.0. The van der Waals surface area contributed by atoms with Crippen LogP contribution in [0.5, 0.6) is 0 Å². The van der Waals surface area contributed by atoms with Crippen molar-refractivity contribution in [3.8, 4) is 0 Å². The Morgan fingerprint density at radius 3 is 2.15 bits per heavy atom. The Bertz CT molecular complexity index is 1930. The van der Waals surface area contributed by atoms with Gasteiger partial charge in [-0.1, -0.05) is 120 Å². The van der Waals surface area contributed by atoms with E-state index in [0.29, 0.717) is 34.5 Å². The predicted molar refractivity (Wildman–Crippen MR) is 301 cm³/mol. The van der Waals surface area contributed by atoms with Gasteiger partial charge in [-0.25, -0.2) is 0 Å². The van der Waals surface area contributed by atoms with Crippen molar-refractivity contribution >= 4 is 34.3 Å². The van der Waals surface area contributed by atoms with Crippen LogP contribution in [0.2, 0.25) is 0 Å². The summed E-state index contributed by atoms with van der Waals surface area (Å²) in [6, 6.07) is 10.2. The van der Waals surface area contributed by atoms with Crippen molar-refractivity contribution in [1.82, 2.24) is 15.5 Å². The second kappa shape index (κ2) is 22.7. The van der Waals surface area contributed by atoms with Gasteiger partial charge in [0.25, 0.3) is 0 Å². The van der Waals surface area contributed by atoms with Crippen LogP contribution in [0.25, 0.3) is 0 Å². The van der Waals surface area contributed by atoms with E-state index < -0.39 is 15.7 Å². The Kier molecular flexibility index (Phi) is 18.8. The third-order valence-electron chi connectivity index (χ3n) is 21.5. The van der Waals surface area contributed by atoms with E-state index in [1.807, 2.05) is 44.2 Å². The first kappa shape index (κ1) is 58.9. The van der Waals surface area contributed by atoms with Crippen LogP contribution in [0.3, 0.4) is 0 Å².